The van der Waals surface area contributed by atoms with Crippen LogP contribution in [0, 0.1) is 11.6 Å². The van der Waals surface area contributed by atoms with Crippen LogP contribution in [0.4, 0.5) is 25.8 Å². The standard InChI is InChI=1S/C17H15F2N5O/c1-11(24-10-20-9-21-24)17(25)23-16-5-3-2-4-15(16)22-14-7-6-12(18)8-13(14)19/h2-11,22H,1H3,(H,23,25)/t11-/m0/s1. The molecule has 2 N–H and O–H groups in total. The van der Waals surface area contributed by atoms with Gasteiger partial charge in [-0.1, -0.05) is 12.1 Å². The number of carbonyl (C=O) groups excluding carboxylic acids is 1. The number of rotatable bonds is 5. The molecule has 1 atom stereocenters. The van der Waals surface area contributed by atoms with E-state index in [0.717, 1.165) is 12.1 Å². The Hall–Kier alpha value is -3.29. The summed E-state index contributed by atoms with van der Waals surface area (Å²) in [6.45, 7) is 1.68. The zero-order valence-electron chi connectivity index (χ0n) is 13.3. The maximum Gasteiger partial charge on any atom is 0.249 e. The summed E-state index contributed by atoms with van der Waals surface area (Å²) in [4.78, 5) is 16.2. The van der Waals surface area contributed by atoms with E-state index in [1.165, 1.54) is 23.4 Å². The van der Waals surface area contributed by atoms with Gasteiger partial charge in [-0.15, -0.1) is 0 Å². The third kappa shape index (κ3) is 3.79. The second-order valence-corrected chi connectivity index (χ2v) is 5.34. The fourth-order valence-corrected chi connectivity index (χ4v) is 2.21. The Morgan fingerprint density at radius 1 is 1.12 bits per heavy atom. The van der Waals surface area contributed by atoms with Crippen LogP contribution in [0.2, 0.25) is 0 Å². The van der Waals surface area contributed by atoms with Gasteiger partial charge in [0.05, 0.1) is 17.1 Å². The molecule has 0 aliphatic carbocycles. The quantitative estimate of drug-likeness (QED) is 0.744. The number of nitrogens with one attached hydrogen (secondary N) is 2. The molecule has 1 aromatic heterocycles. The summed E-state index contributed by atoms with van der Waals surface area (Å²) in [5.74, 6) is -1.69. The van der Waals surface area contributed by atoms with Gasteiger partial charge in [-0.25, -0.2) is 18.4 Å². The minimum Gasteiger partial charge on any atom is -0.351 e. The first-order valence-corrected chi connectivity index (χ1v) is 7.50. The number of para-hydroxylation sites is 2. The lowest BCUT2D eigenvalue weighted by molar-refractivity contribution is -0.119. The minimum atomic E-state index is -0.725. The Labute approximate surface area is 142 Å². The molecule has 0 saturated carbocycles. The largest absolute Gasteiger partial charge is 0.351 e. The van der Waals surface area contributed by atoms with Crippen LogP contribution >= 0.6 is 0 Å². The van der Waals surface area contributed by atoms with E-state index in [4.69, 9.17) is 0 Å². The van der Waals surface area contributed by atoms with Gasteiger partial charge < -0.3 is 10.6 Å². The summed E-state index contributed by atoms with van der Waals surface area (Å²) >= 11 is 0. The fraction of sp³-hybridized carbons (Fsp3) is 0.118. The molecule has 3 rings (SSSR count). The van der Waals surface area contributed by atoms with E-state index in [0.29, 0.717) is 11.4 Å². The lowest BCUT2D eigenvalue weighted by atomic mass is 10.2. The normalized spacial score (nSPS) is 11.8. The van der Waals surface area contributed by atoms with Gasteiger partial charge in [0.25, 0.3) is 0 Å². The summed E-state index contributed by atoms with van der Waals surface area (Å²) < 4.78 is 28.3. The van der Waals surface area contributed by atoms with Crippen molar-refractivity contribution >= 4 is 23.0 Å². The highest BCUT2D eigenvalue weighted by atomic mass is 19.1. The maximum absolute atomic E-state index is 13.8. The summed E-state index contributed by atoms with van der Waals surface area (Å²) in [5, 5.41) is 9.55. The smallest absolute Gasteiger partial charge is 0.249 e. The maximum atomic E-state index is 13.8. The number of hydrogen-bond acceptors (Lipinski definition) is 4. The van der Waals surface area contributed by atoms with Crippen molar-refractivity contribution in [2.24, 2.45) is 0 Å². The summed E-state index contributed by atoms with van der Waals surface area (Å²) in [5.41, 5.74) is 1.04. The van der Waals surface area contributed by atoms with Gasteiger partial charge in [-0.3, -0.25) is 4.79 Å². The topological polar surface area (TPSA) is 71.8 Å². The molecule has 128 valence electrons. The van der Waals surface area contributed by atoms with E-state index in [1.807, 2.05) is 0 Å². The molecule has 25 heavy (non-hydrogen) atoms. The van der Waals surface area contributed by atoms with E-state index in [1.54, 1.807) is 31.2 Å². The van der Waals surface area contributed by atoms with Crippen molar-refractivity contribution in [3.8, 4) is 0 Å². The number of benzene rings is 2. The van der Waals surface area contributed by atoms with Gasteiger partial charge in [0.2, 0.25) is 5.91 Å². The molecule has 1 heterocycles. The Morgan fingerprint density at radius 3 is 2.56 bits per heavy atom. The number of halogens is 2. The van der Waals surface area contributed by atoms with Gasteiger partial charge in [-0.05, 0) is 31.2 Å². The monoisotopic (exact) mass is 343 g/mol. The van der Waals surface area contributed by atoms with Crippen molar-refractivity contribution in [1.29, 1.82) is 0 Å². The van der Waals surface area contributed by atoms with Gasteiger partial charge in [0.15, 0.2) is 0 Å². The van der Waals surface area contributed by atoms with Crippen molar-refractivity contribution in [1.82, 2.24) is 14.8 Å². The van der Waals surface area contributed by atoms with Crippen LogP contribution in [-0.4, -0.2) is 20.7 Å². The molecular formula is C17H15F2N5O. The number of nitrogens with zero attached hydrogens (tertiary/aromatic N) is 3. The van der Waals surface area contributed by atoms with Crippen molar-refractivity contribution in [3.63, 3.8) is 0 Å². The molecule has 3 aromatic rings. The highest BCUT2D eigenvalue weighted by Crippen LogP contribution is 2.27. The molecule has 6 nitrogen and oxygen atoms in total. The molecule has 0 radical (unpaired) electrons. The first-order chi connectivity index (χ1) is 12.0. The van der Waals surface area contributed by atoms with Crippen molar-refractivity contribution in [2.45, 2.75) is 13.0 Å². The molecule has 2 aromatic carbocycles. The van der Waals surface area contributed by atoms with Crippen LogP contribution in [0.3, 0.4) is 0 Å². The SMILES string of the molecule is C[C@@H](C(=O)Nc1ccccc1Nc1ccc(F)cc1F)n1cncn1. The second kappa shape index (κ2) is 7.08. The van der Waals surface area contributed by atoms with Crippen LogP contribution in [0.5, 0.6) is 0 Å². The summed E-state index contributed by atoms with van der Waals surface area (Å²) in [6, 6.07) is 9.49. The number of anilines is 3. The Morgan fingerprint density at radius 2 is 1.88 bits per heavy atom. The molecule has 0 aliphatic heterocycles. The zero-order valence-corrected chi connectivity index (χ0v) is 13.3. The Kier molecular flexibility index (Phi) is 4.69. The summed E-state index contributed by atoms with van der Waals surface area (Å²) in [6.07, 6.45) is 2.79. The van der Waals surface area contributed by atoms with E-state index in [9.17, 15) is 13.6 Å². The highest BCUT2D eigenvalue weighted by Gasteiger charge is 2.17. The van der Waals surface area contributed by atoms with Crippen molar-refractivity contribution < 1.29 is 13.6 Å². The molecule has 0 aliphatic rings. The molecule has 0 bridgehead atoms. The van der Waals surface area contributed by atoms with E-state index >= 15 is 0 Å². The number of aromatic nitrogens is 3. The Balaban J connectivity index is 1.80. The molecule has 8 heteroatoms. The molecular weight excluding hydrogens is 328 g/mol. The van der Waals surface area contributed by atoms with Gasteiger partial charge in [0, 0.05) is 6.07 Å². The van der Waals surface area contributed by atoms with Crippen molar-refractivity contribution in [2.75, 3.05) is 10.6 Å². The van der Waals surface area contributed by atoms with Crippen LogP contribution in [0.25, 0.3) is 0 Å². The highest BCUT2D eigenvalue weighted by molar-refractivity contribution is 5.96. The van der Waals surface area contributed by atoms with E-state index in [2.05, 4.69) is 20.7 Å². The van der Waals surface area contributed by atoms with Crippen LogP contribution < -0.4 is 10.6 Å². The van der Waals surface area contributed by atoms with Gasteiger partial charge in [-0.2, -0.15) is 5.10 Å². The lowest BCUT2D eigenvalue weighted by Gasteiger charge is -2.16. The first-order valence-electron chi connectivity index (χ1n) is 7.50. The van der Waals surface area contributed by atoms with E-state index in [-0.39, 0.29) is 11.6 Å². The van der Waals surface area contributed by atoms with Crippen LogP contribution in [0.15, 0.2) is 55.1 Å². The Bertz CT molecular complexity index is 883. The first kappa shape index (κ1) is 16.6. The average molecular weight is 343 g/mol. The second-order valence-electron chi connectivity index (χ2n) is 5.34. The number of hydrogen-bond donors (Lipinski definition) is 2. The molecule has 0 unspecified atom stereocenters. The molecule has 0 fully saturated rings. The predicted molar refractivity (Wildman–Crippen MR) is 89.4 cm³/mol. The molecule has 1 amide bonds. The van der Waals surface area contributed by atoms with Gasteiger partial charge in [0.1, 0.15) is 30.3 Å². The van der Waals surface area contributed by atoms with Crippen LogP contribution in [-0.2, 0) is 4.79 Å². The summed E-state index contributed by atoms with van der Waals surface area (Å²) in [7, 11) is 0. The molecule has 0 saturated heterocycles. The van der Waals surface area contributed by atoms with Crippen molar-refractivity contribution in [3.05, 3.63) is 66.8 Å². The van der Waals surface area contributed by atoms with Crippen LogP contribution in [0.1, 0.15) is 13.0 Å². The van der Waals surface area contributed by atoms with E-state index < -0.39 is 17.7 Å². The minimum absolute atomic E-state index is 0.104. The predicted octanol–water partition coefficient (Wildman–Crippen LogP) is 3.50. The average Bonchev–Trinajstić information content (AvgIpc) is 3.12. The third-order valence-corrected chi connectivity index (χ3v) is 3.60. The number of carbonyl (C=O) groups is 1. The third-order valence-electron chi connectivity index (χ3n) is 3.60. The van der Waals surface area contributed by atoms with Gasteiger partial charge >= 0.3 is 0 Å². The fourth-order valence-electron chi connectivity index (χ4n) is 2.21. The lowest BCUT2D eigenvalue weighted by Crippen LogP contribution is -2.24. The zero-order chi connectivity index (χ0) is 17.8. The molecule has 0 spiro atoms. The number of amides is 1.